The molecule has 0 rings (SSSR count). The highest BCUT2D eigenvalue weighted by Gasteiger charge is 2.46. The van der Waals surface area contributed by atoms with Crippen molar-refractivity contribution in [2.24, 2.45) is 0 Å². The molecule has 0 aromatic rings. The van der Waals surface area contributed by atoms with Crippen LogP contribution in [0.25, 0.3) is 0 Å². The lowest BCUT2D eigenvalue weighted by Gasteiger charge is -2.40. The van der Waals surface area contributed by atoms with Gasteiger partial charge in [-0.05, 0) is 32.1 Å². The number of hydrogen-bond acceptors (Lipinski definition) is 2. The predicted molar refractivity (Wildman–Crippen MR) is 137 cm³/mol. The van der Waals surface area contributed by atoms with Gasteiger partial charge < -0.3 is 4.48 Å². The third kappa shape index (κ3) is 14.4. The molecule has 1 unspecified atom stereocenters. The summed E-state index contributed by atoms with van der Waals surface area (Å²) in [7, 11) is 3.60. The number of quaternary nitrogens is 1. The minimum atomic E-state index is -2.42. The molecule has 1 atom stereocenters. The van der Waals surface area contributed by atoms with Crippen LogP contribution < -0.4 is 0 Å². The van der Waals surface area contributed by atoms with E-state index in [1.165, 1.54) is 89.9 Å². The summed E-state index contributed by atoms with van der Waals surface area (Å²) in [6, 6.07) is 0. The summed E-state index contributed by atoms with van der Waals surface area (Å²) in [6.45, 7) is 4.29. The van der Waals surface area contributed by atoms with Crippen molar-refractivity contribution in [3.63, 3.8) is 0 Å². The van der Waals surface area contributed by atoms with Crippen LogP contribution in [-0.4, -0.2) is 30.9 Å². The maximum Gasteiger partial charge on any atom is 0.378 e. The molecule has 31 heavy (non-hydrogen) atoms. The SMILES string of the molecule is CCCCCCCCCCCCCCC=CCCCCCC(CC)(P(=O)=O)[N+](C)(C)C. The molecular formula is C27H55NO2P+. The van der Waals surface area contributed by atoms with Crippen molar-refractivity contribution in [1.29, 1.82) is 0 Å². The summed E-state index contributed by atoms with van der Waals surface area (Å²) in [6.07, 6.45) is 28.7. The molecule has 4 heteroatoms. The van der Waals surface area contributed by atoms with Crippen LogP contribution in [0.15, 0.2) is 12.2 Å². The molecule has 0 bridgehead atoms. The fourth-order valence-corrected chi connectivity index (χ4v) is 5.73. The summed E-state index contributed by atoms with van der Waals surface area (Å²) in [5.41, 5.74) is 0. The van der Waals surface area contributed by atoms with Crippen molar-refractivity contribution in [3.05, 3.63) is 12.2 Å². The van der Waals surface area contributed by atoms with Crippen LogP contribution in [0, 0.1) is 0 Å². The van der Waals surface area contributed by atoms with Crippen molar-refractivity contribution in [3.8, 4) is 0 Å². The fourth-order valence-electron chi connectivity index (χ4n) is 4.64. The summed E-state index contributed by atoms with van der Waals surface area (Å²) >= 11 is 0. The van der Waals surface area contributed by atoms with Gasteiger partial charge in [0.2, 0.25) is 5.28 Å². The summed E-state index contributed by atoms with van der Waals surface area (Å²) in [5, 5.41) is -0.611. The van der Waals surface area contributed by atoms with E-state index in [1.807, 2.05) is 28.1 Å². The molecule has 184 valence electrons. The average molecular weight is 457 g/mol. The van der Waals surface area contributed by atoms with Gasteiger partial charge in [0.1, 0.15) is 0 Å². The second kappa shape index (κ2) is 19.1. The second-order valence-corrected chi connectivity index (χ2v) is 11.7. The molecule has 3 nitrogen and oxygen atoms in total. The minimum Gasteiger partial charge on any atom is -0.314 e. The minimum absolute atomic E-state index is 0.501. The van der Waals surface area contributed by atoms with Crippen LogP contribution in [0.1, 0.15) is 136 Å². The normalized spacial score (nSPS) is 14.2. The van der Waals surface area contributed by atoms with Gasteiger partial charge in [-0.1, -0.05) is 103 Å². The van der Waals surface area contributed by atoms with Crippen LogP contribution in [0.4, 0.5) is 0 Å². The summed E-state index contributed by atoms with van der Waals surface area (Å²) in [5.74, 6) is 0. The average Bonchev–Trinajstić information content (AvgIpc) is 2.71. The van der Waals surface area contributed by atoms with Crippen LogP contribution in [0.2, 0.25) is 0 Å². The van der Waals surface area contributed by atoms with Gasteiger partial charge in [0.25, 0.3) is 0 Å². The highest BCUT2D eigenvalue weighted by molar-refractivity contribution is 7.32. The number of rotatable bonds is 22. The number of unbranched alkanes of at least 4 members (excludes halogenated alkanes) is 15. The third-order valence-electron chi connectivity index (χ3n) is 6.99. The van der Waals surface area contributed by atoms with E-state index in [-0.39, 0.29) is 0 Å². The Bertz CT molecular complexity index is 500. The Labute approximate surface area is 195 Å². The quantitative estimate of drug-likeness (QED) is 0.0703. The second-order valence-electron chi connectivity index (χ2n) is 10.4. The monoisotopic (exact) mass is 456 g/mol. The van der Waals surface area contributed by atoms with Crippen molar-refractivity contribution in [2.45, 2.75) is 141 Å². The fraction of sp³-hybridized carbons (Fsp3) is 0.926. The topological polar surface area (TPSA) is 34.1 Å². The van der Waals surface area contributed by atoms with Gasteiger partial charge in [0.05, 0.1) is 21.1 Å². The molecule has 0 amide bonds. The van der Waals surface area contributed by atoms with Crippen molar-refractivity contribution in [2.75, 3.05) is 21.1 Å². The van der Waals surface area contributed by atoms with Gasteiger partial charge in [-0.25, -0.2) is 9.13 Å². The summed E-state index contributed by atoms with van der Waals surface area (Å²) < 4.78 is 24.4. The van der Waals surface area contributed by atoms with E-state index in [9.17, 15) is 9.13 Å². The standard InChI is InChI=1S/C27H55NO2P/c1-6-8-9-10-11-12-13-14-15-16-17-18-19-20-21-22-23-24-25-26-27(7-2,31(29)30)28(3,4)5/h20-21H,6-19,22-26H2,1-5H3/q+1. The third-order valence-corrected chi connectivity index (χ3v) is 8.81. The molecule has 0 fully saturated rings. The van der Waals surface area contributed by atoms with Gasteiger partial charge in [-0.2, -0.15) is 0 Å². The number of nitrogens with zero attached hydrogens (tertiary/aromatic N) is 1. The molecule has 0 N–H and O–H groups in total. The Balaban J connectivity index is 3.58. The van der Waals surface area contributed by atoms with E-state index < -0.39 is 13.0 Å². The first-order valence-corrected chi connectivity index (χ1v) is 14.6. The molecular weight excluding hydrogens is 401 g/mol. The van der Waals surface area contributed by atoms with Gasteiger partial charge in [0.15, 0.2) is 0 Å². The van der Waals surface area contributed by atoms with E-state index in [1.54, 1.807) is 0 Å². The zero-order chi connectivity index (χ0) is 23.4. The van der Waals surface area contributed by atoms with E-state index in [0.29, 0.717) is 10.9 Å². The first-order chi connectivity index (χ1) is 14.8. The maximum atomic E-state index is 11.9. The lowest BCUT2D eigenvalue weighted by molar-refractivity contribution is -0.908. The number of hydrogen-bond donors (Lipinski definition) is 0. The molecule has 0 aromatic carbocycles. The van der Waals surface area contributed by atoms with Gasteiger partial charge in [0, 0.05) is 12.8 Å². The molecule has 0 heterocycles. The summed E-state index contributed by atoms with van der Waals surface area (Å²) in [4.78, 5) is 0. The highest BCUT2D eigenvalue weighted by atomic mass is 31.1. The van der Waals surface area contributed by atoms with Gasteiger partial charge in [-0.15, -0.1) is 0 Å². The van der Waals surface area contributed by atoms with Crippen LogP contribution in [0.3, 0.4) is 0 Å². The Kier molecular flexibility index (Phi) is 18.9. The molecule has 0 aromatic heterocycles. The lowest BCUT2D eigenvalue weighted by atomic mass is 10.0. The van der Waals surface area contributed by atoms with Crippen LogP contribution >= 0.6 is 7.68 Å². The van der Waals surface area contributed by atoms with Crippen molar-refractivity contribution < 1.29 is 13.6 Å². The first kappa shape index (κ1) is 30.6. The molecule has 0 aliphatic heterocycles. The Hall–Kier alpha value is -0.400. The Morgan fingerprint density at radius 3 is 1.35 bits per heavy atom. The molecule has 0 spiro atoms. The maximum absolute atomic E-state index is 11.9. The molecule has 0 aliphatic rings. The largest absolute Gasteiger partial charge is 0.378 e. The molecule has 0 saturated heterocycles. The zero-order valence-corrected chi connectivity index (χ0v) is 22.7. The van der Waals surface area contributed by atoms with Crippen LogP contribution in [-0.2, 0) is 9.13 Å². The smallest absolute Gasteiger partial charge is 0.314 e. The van der Waals surface area contributed by atoms with Crippen LogP contribution in [0.5, 0.6) is 0 Å². The molecule has 0 radical (unpaired) electrons. The molecule has 0 aliphatic carbocycles. The van der Waals surface area contributed by atoms with Crippen molar-refractivity contribution >= 4 is 7.68 Å². The van der Waals surface area contributed by atoms with E-state index in [2.05, 4.69) is 19.1 Å². The predicted octanol–water partition coefficient (Wildman–Crippen LogP) is 9.57. The number of allylic oxidation sites excluding steroid dienone is 2. The first-order valence-electron chi connectivity index (χ1n) is 13.4. The molecule has 0 saturated carbocycles. The highest BCUT2D eigenvalue weighted by Crippen LogP contribution is 2.42. The van der Waals surface area contributed by atoms with Gasteiger partial charge >= 0.3 is 7.68 Å². The van der Waals surface area contributed by atoms with Crippen molar-refractivity contribution in [1.82, 2.24) is 0 Å². The lowest BCUT2D eigenvalue weighted by Crippen LogP contribution is -2.53. The zero-order valence-electron chi connectivity index (χ0n) is 21.8. The Morgan fingerprint density at radius 2 is 1.00 bits per heavy atom. The van der Waals surface area contributed by atoms with E-state index in [4.69, 9.17) is 0 Å². The van der Waals surface area contributed by atoms with Gasteiger partial charge in [-0.3, -0.25) is 0 Å². The van der Waals surface area contributed by atoms with E-state index >= 15 is 0 Å². The Morgan fingerprint density at radius 1 is 0.613 bits per heavy atom. The van der Waals surface area contributed by atoms with E-state index in [0.717, 1.165) is 25.7 Å².